The topological polar surface area (TPSA) is 89.6 Å². The van der Waals surface area contributed by atoms with Crippen LogP contribution in [0.3, 0.4) is 0 Å². The van der Waals surface area contributed by atoms with Crippen LogP contribution < -0.4 is 5.73 Å². The number of rotatable bonds is 3. The highest BCUT2D eigenvalue weighted by Gasteiger charge is 2.16. The Bertz CT molecular complexity index is 447. The van der Waals surface area contributed by atoms with Gasteiger partial charge in [0, 0.05) is 11.8 Å². The van der Waals surface area contributed by atoms with Crippen LogP contribution in [-0.2, 0) is 9.53 Å². The van der Waals surface area contributed by atoms with Gasteiger partial charge in [-0.1, -0.05) is 0 Å². The molecule has 0 aliphatic heterocycles. The van der Waals surface area contributed by atoms with Gasteiger partial charge in [0.1, 0.15) is 0 Å². The van der Waals surface area contributed by atoms with E-state index in [4.69, 9.17) is 10.8 Å². The molecule has 0 unspecified atom stereocenters. The minimum atomic E-state index is -1.37. The summed E-state index contributed by atoms with van der Waals surface area (Å²) in [7, 11) is 0. The van der Waals surface area contributed by atoms with Gasteiger partial charge in [0.2, 0.25) is 0 Å². The van der Waals surface area contributed by atoms with Gasteiger partial charge in [0.05, 0.1) is 5.56 Å². The van der Waals surface area contributed by atoms with Gasteiger partial charge in [0.15, 0.2) is 18.2 Å². The zero-order valence-electron chi connectivity index (χ0n) is 7.87. The van der Waals surface area contributed by atoms with Gasteiger partial charge < -0.3 is 15.6 Å². The van der Waals surface area contributed by atoms with E-state index in [0.717, 1.165) is 0 Å². The van der Waals surface area contributed by atoms with Gasteiger partial charge in [-0.05, 0) is 6.07 Å². The Morgan fingerprint density at radius 1 is 1.31 bits per heavy atom. The fourth-order valence-electron chi connectivity index (χ4n) is 0.944. The van der Waals surface area contributed by atoms with Crippen molar-refractivity contribution in [1.82, 2.24) is 0 Å². The van der Waals surface area contributed by atoms with E-state index in [0.29, 0.717) is 12.1 Å². The summed E-state index contributed by atoms with van der Waals surface area (Å²) in [5, 5.41) is 8.23. The first-order chi connectivity index (χ1) is 7.41. The molecule has 0 aromatic heterocycles. The quantitative estimate of drug-likeness (QED) is 0.592. The Hall–Kier alpha value is -2.18. The zero-order valence-corrected chi connectivity index (χ0v) is 7.87. The first-order valence-electron chi connectivity index (χ1n) is 4.05. The summed E-state index contributed by atoms with van der Waals surface area (Å²) < 4.78 is 29.7. The Morgan fingerprint density at radius 2 is 1.88 bits per heavy atom. The third-order valence-electron chi connectivity index (χ3n) is 1.64. The molecule has 0 aliphatic rings. The van der Waals surface area contributed by atoms with Crippen LogP contribution in [0.1, 0.15) is 10.4 Å². The van der Waals surface area contributed by atoms with Crippen LogP contribution in [0, 0.1) is 11.6 Å². The van der Waals surface area contributed by atoms with Crippen molar-refractivity contribution in [2.75, 3.05) is 12.3 Å². The molecule has 1 aromatic rings. The molecule has 0 radical (unpaired) electrons. The first-order valence-corrected chi connectivity index (χ1v) is 4.05. The summed E-state index contributed by atoms with van der Waals surface area (Å²) in [4.78, 5) is 21.3. The average molecular weight is 231 g/mol. The molecule has 0 spiro atoms. The maximum absolute atomic E-state index is 12.8. The lowest BCUT2D eigenvalue weighted by atomic mass is 10.1. The number of carboxylic acids is 1. The minimum Gasteiger partial charge on any atom is -0.479 e. The number of ether oxygens (including phenoxy) is 1. The van der Waals surface area contributed by atoms with Crippen molar-refractivity contribution in [2.45, 2.75) is 0 Å². The summed E-state index contributed by atoms with van der Waals surface area (Å²) in [6.07, 6.45) is 0. The largest absolute Gasteiger partial charge is 0.479 e. The number of nitrogens with two attached hydrogens (primary N) is 1. The van der Waals surface area contributed by atoms with Crippen molar-refractivity contribution in [2.24, 2.45) is 0 Å². The van der Waals surface area contributed by atoms with Gasteiger partial charge in [-0.2, -0.15) is 0 Å². The third kappa shape index (κ3) is 2.66. The molecule has 1 rings (SSSR count). The Kier molecular flexibility index (Phi) is 3.39. The second kappa shape index (κ2) is 4.56. The number of carbonyl (C=O) groups is 2. The summed E-state index contributed by atoms with van der Waals surface area (Å²) in [6.45, 7) is -0.878. The fourth-order valence-corrected chi connectivity index (χ4v) is 0.944. The van der Waals surface area contributed by atoms with Crippen LogP contribution in [0.15, 0.2) is 12.1 Å². The number of aliphatic carboxylic acids is 1. The molecule has 0 heterocycles. The predicted molar refractivity (Wildman–Crippen MR) is 48.7 cm³/mol. The van der Waals surface area contributed by atoms with Gasteiger partial charge in [0.25, 0.3) is 0 Å². The fraction of sp³-hybridized carbons (Fsp3) is 0.111. The second-order valence-electron chi connectivity index (χ2n) is 2.82. The zero-order chi connectivity index (χ0) is 12.3. The smallest absolute Gasteiger partial charge is 0.341 e. The first kappa shape index (κ1) is 11.9. The maximum Gasteiger partial charge on any atom is 0.341 e. The Morgan fingerprint density at radius 3 is 2.44 bits per heavy atom. The molecule has 0 amide bonds. The lowest BCUT2D eigenvalue weighted by molar-refractivity contribution is -0.140. The number of esters is 1. The van der Waals surface area contributed by atoms with Crippen molar-refractivity contribution >= 4 is 17.6 Å². The van der Waals surface area contributed by atoms with Crippen molar-refractivity contribution in [3.05, 3.63) is 29.3 Å². The van der Waals surface area contributed by atoms with E-state index in [-0.39, 0.29) is 5.69 Å². The molecule has 7 heteroatoms. The molecule has 0 aliphatic carbocycles. The number of carbonyl (C=O) groups excluding carboxylic acids is 1. The minimum absolute atomic E-state index is 0.325. The Balaban J connectivity index is 2.91. The third-order valence-corrected chi connectivity index (χ3v) is 1.64. The number of nitrogen functional groups attached to an aromatic ring is 1. The van der Waals surface area contributed by atoms with E-state index in [1.807, 2.05) is 0 Å². The van der Waals surface area contributed by atoms with Crippen LogP contribution in [0.25, 0.3) is 0 Å². The molecule has 0 atom stereocenters. The van der Waals surface area contributed by atoms with Crippen molar-refractivity contribution < 1.29 is 28.2 Å². The normalized spacial score (nSPS) is 9.88. The number of carboxylic acid groups (broad SMARTS) is 1. The van der Waals surface area contributed by atoms with Gasteiger partial charge in [-0.3, -0.25) is 0 Å². The van der Waals surface area contributed by atoms with Crippen LogP contribution in [-0.4, -0.2) is 23.7 Å². The molecule has 0 bridgehead atoms. The van der Waals surface area contributed by atoms with Gasteiger partial charge in [-0.15, -0.1) is 0 Å². The number of anilines is 1. The Labute approximate surface area is 88.4 Å². The highest BCUT2D eigenvalue weighted by atomic mass is 19.2. The second-order valence-corrected chi connectivity index (χ2v) is 2.82. The highest BCUT2D eigenvalue weighted by molar-refractivity contribution is 5.95. The van der Waals surface area contributed by atoms with Crippen molar-refractivity contribution in [3.8, 4) is 0 Å². The summed E-state index contributed by atoms with van der Waals surface area (Å²) in [5.74, 6) is -4.96. The molecule has 5 nitrogen and oxygen atoms in total. The number of hydrogen-bond acceptors (Lipinski definition) is 4. The van der Waals surface area contributed by atoms with Crippen LogP contribution in [0.5, 0.6) is 0 Å². The lowest BCUT2D eigenvalue weighted by Gasteiger charge is -2.05. The SMILES string of the molecule is Nc1cc(F)c(F)cc1C(=O)OCC(=O)O. The van der Waals surface area contributed by atoms with Crippen LogP contribution >= 0.6 is 0 Å². The predicted octanol–water partition coefficient (Wildman–Crippen LogP) is 0.788. The molecule has 0 fully saturated rings. The molecule has 0 saturated carbocycles. The van der Waals surface area contributed by atoms with E-state index >= 15 is 0 Å². The van der Waals surface area contributed by atoms with E-state index in [9.17, 15) is 18.4 Å². The molecule has 3 N–H and O–H groups in total. The van der Waals surface area contributed by atoms with Crippen LogP contribution in [0.2, 0.25) is 0 Å². The molecule has 16 heavy (non-hydrogen) atoms. The molecule has 0 saturated heterocycles. The molecular weight excluding hydrogens is 224 g/mol. The molecule has 86 valence electrons. The number of halogens is 2. The highest BCUT2D eigenvalue weighted by Crippen LogP contribution is 2.17. The standard InChI is InChI=1S/C9H7F2NO4/c10-5-1-4(7(12)2-6(5)11)9(15)16-3-8(13)14/h1-2H,3,12H2,(H,13,14). The lowest BCUT2D eigenvalue weighted by Crippen LogP contribution is -2.15. The number of benzene rings is 1. The average Bonchev–Trinajstić information content (AvgIpc) is 2.20. The van der Waals surface area contributed by atoms with Gasteiger partial charge >= 0.3 is 11.9 Å². The van der Waals surface area contributed by atoms with Gasteiger partial charge in [-0.25, -0.2) is 18.4 Å². The summed E-state index contributed by atoms with van der Waals surface area (Å²) in [5.41, 5.74) is 4.50. The molecule has 1 aromatic carbocycles. The molecular formula is C9H7F2NO4. The van der Waals surface area contributed by atoms with Crippen LogP contribution in [0.4, 0.5) is 14.5 Å². The summed E-state index contributed by atoms with van der Waals surface area (Å²) >= 11 is 0. The monoisotopic (exact) mass is 231 g/mol. The summed E-state index contributed by atoms with van der Waals surface area (Å²) in [6, 6.07) is 1.17. The van der Waals surface area contributed by atoms with Crippen molar-refractivity contribution in [1.29, 1.82) is 0 Å². The van der Waals surface area contributed by atoms with E-state index in [2.05, 4.69) is 4.74 Å². The van der Waals surface area contributed by atoms with E-state index in [1.165, 1.54) is 0 Å². The van der Waals surface area contributed by atoms with E-state index in [1.54, 1.807) is 0 Å². The van der Waals surface area contributed by atoms with Crippen molar-refractivity contribution in [3.63, 3.8) is 0 Å². The number of hydrogen-bond donors (Lipinski definition) is 2. The van der Waals surface area contributed by atoms with E-state index < -0.39 is 35.7 Å². The maximum atomic E-state index is 12.8.